The highest BCUT2D eigenvalue weighted by Crippen LogP contribution is 2.40. The number of ether oxygens (including phenoxy) is 6. The number of cyclic esters (lactones) is 1. The van der Waals surface area contributed by atoms with Crippen LogP contribution in [0.4, 0.5) is 0 Å². The summed E-state index contributed by atoms with van der Waals surface area (Å²) in [5.74, 6) is 2.82. The normalized spacial score (nSPS) is 19.8. The summed E-state index contributed by atoms with van der Waals surface area (Å²) in [4.78, 5) is 12.4. The third kappa shape index (κ3) is 3.77. The molecule has 2 aliphatic heterocycles. The molecule has 0 amide bonds. The van der Waals surface area contributed by atoms with Gasteiger partial charge in [-0.05, 0) is 48.2 Å². The van der Waals surface area contributed by atoms with Crippen LogP contribution < -0.4 is 23.7 Å². The lowest BCUT2D eigenvalue weighted by Crippen LogP contribution is -2.20. The summed E-state index contributed by atoms with van der Waals surface area (Å²) in [6.07, 6.45) is 1.25. The van der Waals surface area contributed by atoms with E-state index in [4.69, 9.17) is 28.4 Å². The summed E-state index contributed by atoms with van der Waals surface area (Å²) in [7, 11) is 4.72. The van der Waals surface area contributed by atoms with E-state index in [-0.39, 0.29) is 24.6 Å². The molecule has 2 aliphatic rings. The Hall–Kier alpha value is -3.09. The molecule has 0 N–H and O–H groups in total. The van der Waals surface area contributed by atoms with Crippen LogP contribution in [-0.2, 0) is 22.4 Å². The SMILES string of the molecule is COc1cc(C[C@H]2C(=O)OC[C@@H]2Cc2ccc3c(c2)OCO3)cc(OC)c1OC. The molecule has 0 radical (unpaired) electrons. The van der Waals surface area contributed by atoms with Crippen molar-refractivity contribution < 1.29 is 33.2 Å². The molecule has 2 aromatic rings. The van der Waals surface area contributed by atoms with Gasteiger partial charge in [0.05, 0.1) is 33.9 Å². The molecule has 0 spiro atoms. The number of methoxy groups -OCH3 is 3. The fraction of sp³-hybridized carbons (Fsp3) is 0.409. The van der Waals surface area contributed by atoms with Crippen LogP contribution in [0.25, 0.3) is 0 Å². The maximum Gasteiger partial charge on any atom is 0.309 e. The quantitative estimate of drug-likeness (QED) is 0.662. The van der Waals surface area contributed by atoms with Crippen LogP contribution in [0.1, 0.15) is 11.1 Å². The number of rotatable bonds is 7. The summed E-state index contributed by atoms with van der Waals surface area (Å²) in [6, 6.07) is 9.65. The molecule has 0 aromatic heterocycles. The molecule has 1 fully saturated rings. The fourth-order valence-electron chi connectivity index (χ4n) is 3.93. The predicted octanol–water partition coefficient (Wildman–Crippen LogP) is 3.02. The van der Waals surface area contributed by atoms with Crippen molar-refractivity contribution in [3.63, 3.8) is 0 Å². The lowest BCUT2D eigenvalue weighted by Gasteiger charge is -2.18. The van der Waals surface area contributed by atoms with Crippen LogP contribution in [0.15, 0.2) is 30.3 Å². The maximum absolute atomic E-state index is 12.4. The van der Waals surface area contributed by atoms with Gasteiger partial charge in [-0.3, -0.25) is 4.79 Å². The Morgan fingerprint density at radius 1 is 0.862 bits per heavy atom. The molecule has 0 aliphatic carbocycles. The molecular weight excluding hydrogens is 376 g/mol. The molecule has 0 unspecified atom stereocenters. The Bertz CT molecular complexity index is 883. The molecule has 154 valence electrons. The molecule has 2 heterocycles. The first-order valence-electron chi connectivity index (χ1n) is 9.47. The zero-order valence-electron chi connectivity index (χ0n) is 16.7. The largest absolute Gasteiger partial charge is 0.493 e. The van der Waals surface area contributed by atoms with Crippen LogP contribution in [0.3, 0.4) is 0 Å². The van der Waals surface area contributed by atoms with Gasteiger partial charge in [0.1, 0.15) is 0 Å². The standard InChI is InChI=1S/C22H24O7/c1-24-19-9-14(10-20(25-2)21(19)26-3)7-16-15(11-27-22(16)23)6-13-4-5-17-18(8-13)29-12-28-17/h4-5,8-10,15-16H,6-7,11-12H2,1-3H3/t15-,16+/m0/s1. The third-order valence-electron chi connectivity index (χ3n) is 5.43. The van der Waals surface area contributed by atoms with Crippen LogP contribution in [0, 0.1) is 11.8 Å². The second-order valence-corrected chi connectivity index (χ2v) is 7.13. The van der Waals surface area contributed by atoms with Gasteiger partial charge in [-0.25, -0.2) is 0 Å². The number of carbonyl (C=O) groups excluding carboxylic acids is 1. The van der Waals surface area contributed by atoms with Gasteiger partial charge in [0.2, 0.25) is 12.5 Å². The number of hydrogen-bond donors (Lipinski definition) is 0. The van der Waals surface area contributed by atoms with Crippen molar-refractivity contribution in [1.82, 2.24) is 0 Å². The monoisotopic (exact) mass is 400 g/mol. The minimum atomic E-state index is -0.247. The predicted molar refractivity (Wildman–Crippen MR) is 104 cm³/mol. The van der Waals surface area contributed by atoms with Gasteiger partial charge < -0.3 is 28.4 Å². The summed E-state index contributed by atoms with van der Waals surface area (Å²) in [5, 5.41) is 0. The van der Waals surface area contributed by atoms with Gasteiger partial charge in [-0.1, -0.05) is 6.07 Å². The highest BCUT2D eigenvalue weighted by Gasteiger charge is 2.37. The van der Waals surface area contributed by atoms with Crippen LogP contribution in [-0.4, -0.2) is 40.7 Å². The van der Waals surface area contributed by atoms with E-state index in [9.17, 15) is 4.79 Å². The molecule has 0 bridgehead atoms. The van der Waals surface area contributed by atoms with E-state index in [2.05, 4.69) is 0 Å². The third-order valence-corrected chi connectivity index (χ3v) is 5.43. The number of hydrogen-bond acceptors (Lipinski definition) is 7. The number of fused-ring (bicyclic) bond motifs is 1. The van der Waals surface area contributed by atoms with Gasteiger partial charge in [0.25, 0.3) is 0 Å². The highest BCUT2D eigenvalue weighted by molar-refractivity contribution is 5.75. The van der Waals surface area contributed by atoms with Gasteiger partial charge in [0.15, 0.2) is 23.0 Å². The molecule has 2 aromatic carbocycles. The van der Waals surface area contributed by atoms with Crippen LogP contribution in [0.2, 0.25) is 0 Å². The van der Waals surface area contributed by atoms with Gasteiger partial charge in [-0.15, -0.1) is 0 Å². The van der Waals surface area contributed by atoms with Crippen molar-refractivity contribution >= 4 is 5.97 Å². The minimum absolute atomic E-state index is 0.0713. The van der Waals surface area contributed by atoms with Crippen molar-refractivity contribution in [3.8, 4) is 28.7 Å². The summed E-state index contributed by atoms with van der Waals surface area (Å²) >= 11 is 0. The summed E-state index contributed by atoms with van der Waals surface area (Å²) in [5.41, 5.74) is 2.02. The average molecular weight is 400 g/mol. The van der Waals surface area contributed by atoms with Crippen LogP contribution in [0.5, 0.6) is 28.7 Å². The summed E-state index contributed by atoms with van der Waals surface area (Å²) < 4.78 is 32.5. The van der Waals surface area contributed by atoms with E-state index in [1.807, 2.05) is 30.3 Å². The second-order valence-electron chi connectivity index (χ2n) is 7.13. The first-order valence-corrected chi connectivity index (χ1v) is 9.47. The van der Waals surface area contributed by atoms with E-state index >= 15 is 0 Å². The van der Waals surface area contributed by atoms with Crippen molar-refractivity contribution in [2.45, 2.75) is 12.8 Å². The van der Waals surface area contributed by atoms with Crippen molar-refractivity contribution in [1.29, 1.82) is 0 Å². The van der Waals surface area contributed by atoms with Crippen LogP contribution >= 0.6 is 0 Å². The molecule has 1 saturated heterocycles. The Morgan fingerprint density at radius 3 is 2.28 bits per heavy atom. The maximum atomic E-state index is 12.4. The lowest BCUT2D eigenvalue weighted by atomic mass is 9.85. The Labute approximate surface area is 169 Å². The van der Waals surface area contributed by atoms with E-state index in [0.717, 1.165) is 29.0 Å². The van der Waals surface area contributed by atoms with Gasteiger partial charge in [-0.2, -0.15) is 0 Å². The minimum Gasteiger partial charge on any atom is -0.493 e. The zero-order chi connectivity index (χ0) is 20.4. The molecule has 7 heteroatoms. The lowest BCUT2D eigenvalue weighted by molar-refractivity contribution is -0.141. The van der Waals surface area contributed by atoms with E-state index in [1.54, 1.807) is 21.3 Å². The Morgan fingerprint density at radius 2 is 1.59 bits per heavy atom. The Balaban J connectivity index is 1.54. The molecule has 7 nitrogen and oxygen atoms in total. The highest BCUT2D eigenvalue weighted by atomic mass is 16.7. The summed E-state index contributed by atoms with van der Waals surface area (Å²) in [6.45, 7) is 0.649. The number of carbonyl (C=O) groups is 1. The molecule has 4 rings (SSSR count). The number of benzene rings is 2. The first kappa shape index (κ1) is 19.2. The molecule has 29 heavy (non-hydrogen) atoms. The van der Waals surface area contributed by atoms with Gasteiger partial charge in [0, 0.05) is 5.92 Å². The topological polar surface area (TPSA) is 72.5 Å². The van der Waals surface area contributed by atoms with Crippen molar-refractivity contribution in [3.05, 3.63) is 41.5 Å². The zero-order valence-corrected chi connectivity index (χ0v) is 16.7. The van der Waals surface area contributed by atoms with E-state index < -0.39 is 0 Å². The van der Waals surface area contributed by atoms with Gasteiger partial charge >= 0.3 is 5.97 Å². The molecule has 0 saturated carbocycles. The Kier molecular flexibility index (Phi) is 5.38. The number of esters is 1. The second kappa shape index (κ2) is 8.11. The molecule has 2 atom stereocenters. The average Bonchev–Trinajstić information content (AvgIpc) is 3.34. The molecular formula is C22H24O7. The van der Waals surface area contributed by atoms with E-state index in [0.29, 0.717) is 30.3 Å². The first-order chi connectivity index (χ1) is 14.1. The van der Waals surface area contributed by atoms with Crippen molar-refractivity contribution in [2.75, 3.05) is 34.7 Å². The van der Waals surface area contributed by atoms with E-state index in [1.165, 1.54) is 0 Å². The smallest absolute Gasteiger partial charge is 0.309 e. The fourth-order valence-corrected chi connectivity index (χ4v) is 3.93. The van der Waals surface area contributed by atoms with Crippen molar-refractivity contribution in [2.24, 2.45) is 11.8 Å².